The summed E-state index contributed by atoms with van der Waals surface area (Å²) in [6.45, 7) is 0.491. The summed E-state index contributed by atoms with van der Waals surface area (Å²) in [5, 5.41) is 0. The summed E-state index contributed by atoms with van der Waals surface area (Å²) in [6, 6.07) is 0. The zero-order chi connectivity index (χ0) is 9.71. The summed E-state index contributed by atoms with van der Waals surface area (Å²) in [5.41, 5.74) is 0.904. The minimum absolute atomic E-state index is 0.259. The van der Waals surface area contributed by atoms with Gasteiger partial charge >= 0.3 is 0 Å². The second-order valence-corrected chi connectivity index (χ2v) is 4.54. The van der Waals surface area contributed by atoms with Crippen LogP contribution in [-0.4, -0.2) is 19.5 Å². The average Bonchev–Trinajstić information content (AvgIpc) is 2.81. The monoisotopic (exact) mass is 190 g/mol. The van der Waals surface area contributed by atoms with Gasteiger partial charge in [-0.15, -0.1) is 0 Å². The zero-order valence-electron chi connectivity index (χ0n) is 8.27. The largest absolute Gasteiger partial charge is 0.380 e. The Balaban J connectivity index is 1.90. The van der Waals surface area contributed by atoms with E-state index in [0.717, 1.165) is 5.57 Å². The first-order chi connectivity index (χ1) is 6.81. The highest BCUT2D eigenvalue weighted by molar-refractivity contribution is 6.01. The third-order valence-electron chi connectivity index (χ3n) is 3.83. The van der Waals surface area contributed by atoms with E-state index < -0.39 is 0 Å². The number of rotatable bonds is 2. The first-order valence-corrected chi connectivity index (χ1v) is 5.23. The van der Waals surface area contributed by atoms with E-state index in [-0.39, 0.29) is 5.92 Å². The Morgan fingerprint density at radius 1 is 1.43 bits per heavy atom. The van der Waals surface area contributed by atoms with Gasteiger partial charge in [0.15, 0.2) is 5.78 Å². The standard InChI is InChI=1S/C12H14O2/c1-14-6-9-5-10-7-2-3-8(4-7)11(10)12(9)13/h2-3,5,7-8,10-11H,4,6H2,1H3/t7-,8+,10+,11-/m0/s1. The quantitative estimate of drug-likeness (QED) is 0.618. The van der Waals surface area contributed by atoms with Crippen LogP contribution >= 0.6 is 0 Å². The molecule has 4 atom stereocenters. The second kappa shape index (κ2) is 2.80. The molecule has 0 aromatic heterocycles. The van der Waals surface area contributed by atoms with Crippen molar-refractivity contribution in [2.24, 2.45) is 23.7 Å². The van der Waals surface area contributed by atoms with Gasteiger partial charge in [0.2, 0.25) is 0 Å². The van der Waals surface area contributed by atoms with Crippen LogP contribution in [0.3, 0.4) is 0 Å². The van der Waals surface area contributed by atoms with Gasteiger partial charge in [-0.1, -0.05) is 18.2 Å². The van der Waals surface area contributed by atoms with Crippen LogP contribution in [0.25, 0.3) is 0 Å². The lowest BCUT2D eigenvalue weighted by molar-refractivity contribution is -0.120. The molecule has 2 heteroatoms. The molecule has 74 valence electrons. The molecule has 2 nitrogen and oxygen atoms in total. The highest BCUT2D eigenvalue weighted by atomic mass is 16.5. The minimum atomic E-state index is 0.259. The van der Waals surface area contributed by atoms with E-state index in [0.29, 0.717) is 30.1 Å². The Bertz CT molecular complexity index is 340. The maximum Gasteiger partial charge on any atom is 0.165 e. The summed E-state index contributed by atoms with van der Waals surface area (Å²) < 4.78 is 5.04. The third-order valence-corrected chi connectivity index (χ3v) is 3.83. The molecule has 3 aliphatic rings. The van der Waals surface area contributed by atoms with Crippen molar-refractivity contribution < 1.29 is 9.53 Å². The molecule has 3 rings (SSSR count). The molecular formula is C12H14O2. The van der Waals surface area contributed by atoms with Crippen molar-refractivity contribution >= 4 is 5.78 Å². The lowest BCUT2D eigenvalue weighted by atomic mass is 9.85. The molecule has 0 aliphatic heterocycles. The van der Waals surface area contributed by atoms with Gasteiger partial charge in [-0.05, 0) is 24.2 Å². The molecule has 0 spiro atoms. The number of allylic oxidation sites excluding steroid dienone is 3. The van der Waals surface area contributed by atoms with Crippen molar-refractivity contribution in [1.29, 1.82) is 0 Å². The number of ketones is 1. The number of carbonyl (C=O) groups is 1. The average molecular weight is 190 g/mol. The minimum Gasteiger partial charge on any atom is -0.380 e. The van der Waals surface area contributed by atoms with E-state index in [2.05, 4.69) is 18.2 Å². The van der Waals surface area contributed by atoms with Gasteiger partial charge in [-0.2, -0.15) is 0 Å². The molecule has 0 unspecified atom stereocenters. The number of ether oxygens (including phenoxy) is 1. The molecule has 0 N–H and O–H groups in total. The van der Waals surface area contributed by atoms with Crippen molar-refractivity contribution in [3.05, 3.63) is 23.8 Å². The van der Waals surface area contributed by atoms with Crippen molar-refractivity contribution in [1.82, 2.24) is 0 Å². The van der Waals surface area contributed by atoms with Crippen molar-refractivity contribution in [3.8, 4) is 0 Å². The number of carbonyl (C=O) groups excluding carboxylic acids is 1. The Morgan fingerprint density at radius 3 is 2.93 bits per heavy atom. The van der Waals surface area contributed by atoms with Crippen molar-refractivity contribution in [3.63, 3.8) is 0 Å². The highest BCUT2D eigenvalue weighted by Gasteiger charge is 2.50. The zero-order valence-corrected chi connectivity index (χ0v) is 8.27. The van der Waals surface area contributed by atoms with E-state index in [4.69, 9.17) is 4.74 Å². The van der Waals surface area contributed by atoms with Crippen LogP contribution in [0.5, 0.6) is 0 Å². The fraction of sp³-hybridized carbons (Fsp3) is 0.583. The predicted octanol–water partition coefficient (Wildman–Crippen LogP) is 1.58. The maximum absolute atomic E-state index is 12.0. The number of hydrogen-bond acceptors (Lipinski definition) is 2. The smallest absolute Gasteiger partial charge is 0.165 e. The first-order valence-electron chi connectivity index (χ1n) is 5.23. The van der Waals surface area contributed by atoms with E-state index in [1.807, 2.05) is 0 Å². The van der Waals surface area contributed by atoms with Gasteiger partial charge in [-0.25, -0.2) is 0 Å². The molecule has 3 aliphatic carbocycles. The fourth-order valence-corrected chi connectivity index (χ4v) is 3.26. The lowest BCUT2D eigenvalue weighted by Crippen LogP contribution is -2.22. The number of methoxy groups -OCH3 is 1. The van der Waals surface area contributed by atoms with Crippen LogP contribution < -0.4 is 0 Å². The highest BCUT2D eigenvalue weighted by Crippen LogP contribution is 2.52. The molecule has 0 radical (unpaired) electrons. The van der Waals surface area contributed by atoms with Gasteiger partial charge < -0.3 is 4.74 Å². The molecule has 0 heterocycles. The van der Waals surface area contributed by atoms with Crippen molar-refractivity contribution in [2.75, 3.05) is 13.7 Å². The third kappa shape index (κ3) is 0.921. The molecule has 2 bridgehead atoms. The Labute approximate surface area is 83.6 Å². The Kier molecular flexibility index (Phi) is 1.68. The van der Waals surface area contributed by atoms with Crippen LogP contribution in [-0.2, 0) is 9.53 Å². The summed E-state index contributed by atoms with van der Waals surface area (Å²) >= 11 is 0. The van der Waals surface area contributed by atoms with Gasteiger partial charge in [0.25, 0.3) is 0 Å². The van der Waals surface area contributed by atoms with E-state index in [9.17, 15) is 4.79 Å². The van der Waals surface area contributed by atoms with Crippen molar-refractivity contribution in [2.45, 2.75) is 6.42 Å². The molecule has 0 saturated heterocycles. The molecule has 0 amide bonds. The summed E-state index contributed by atoms with van der Waals surface area (Å²) in [5.74, 6) is 2.23. The first kappa shape index (κ1) is 8.42. The summed E-state index contributed by atoms with van der Waals surface area (Å²) in [4.78, 5) is 12.0. The second-order valence-electron chi connectivity index (χ2n) is 4.54. The van der Waals surface area contributed by atoms with E-state index in [1.54, 1.807) is 7.11 Å². The Hall–Kier alpha value is -0.890. The summed E-state index contributed by atoms with van der Waals surface area (Å²) in [7, 11) is 1.65. The molecular weight excluding hydrogens is 176 g/mol. The lowest BCUT2D eigenvalue weighted by Gasteiger charge is -2.17. The fourth-order valence-electron chi connectivity index (χ4n) is 3.26. The van der Waals surface area contributed by atoms with E-state index in [1.165, 1.54) is 6.42 Å². The van der Waals surface area contributed by atoms with Crippen LogP contribution in [0.4, 0.5) is 0 Å². The number of Topliss-reactive ketones (excluding diaryl/α,β-unsaturated/α-hetero) is 1. The number of fused-ring (bicyclic) bond motifs is 5. The van der Waals surface area contributed by atoms with Gasteiger partial charge in [0.1, 0.15) is 0 Å². The molecule has 0 aromatic carbocycles. The van der Waals surface area contributed by atoms with Gasteiger partial charge in [0, 0.05) is 18.6 Å². The molecule has 0 aromatic rings. The van der Waals surface area contributed by atoms with Gasteiger partial charge in [-0.3, -0.25) is 4.79 Å². The molecule has 1 fully saturated rings. The van der Waals surface area contributed by atoms with Crippen LogP contribution in [0.15, 0.2) is 23.8 Å². The SMILES string of the molecule is COCC1=C[C@H]2[C@@H](C1=O)[C@@H]1C=C[C@H]2C1. The predicted molar refractivity (Wildman–Crippen MR) is 52.7 cm³/mol. The summed E-state index contributed by atoms with van der Waals surface area (Å²) in [6.07, 6.45) is 7.86. The maximum atomic E-state index is 12.0. The topological polar surface area (TPSA) is 26.3 Å². The molecule has 14 heavy (non-hydrogen) atoms. The Morgan fingerprint density at radius 2 is 2.21 bits per heavy atom. The van der Waals surface area contributed by atoms with Crippen LogP contribution in [0, 0.1) is 23.7 Å². The number of hydrogen-bond donors (Lipinski definition) is 0. The van der Waals surface area contributed by atoms with Crippen LogP contribution in [0.2, 0.25) is 0 Å². The van der Waals surface area contributed by atoms with Gasteiger partial charge in [0.05, 0.1) is 6.61 Å². The van der Waals surface area contributed by atoms with Crippen LogP contribution in [0.1, 0.15) is 6.42 Å². The van der Waals surface area contributed by atoms with E-state index >= 15 is 0 Å². The molecule has 1 saturated carbocycles. The normalized spacial score (nSPS) is 43.2.